The van der Waals surface area contributed by atoms with Crippen LogP contribution in [-0.2, 0) is 14.3 Å². The maximum atomic E-state index is 12.1. The molecule has 0 unspecified atom stereocenters. The van der Waals surface area contributed by atoms with Gasteiger partial charge in [0.1, 0.15) is 5.75 Å². The van der Waals surface area contributed by atoms with Gasteiger partial charge in [0.05, 0.1) is 18.4 Å². The Labute approximate surface area is 140 Å². The third-order valence-electron chi connectivity index (χ3n) is 4.43. The van der Waals surface area contributed by atoms with Crippen molar-refractivity contribution >= 4 is 17.6 Å². The molecule has 6 heteroatoms. The fourth-order valence-electron chi connectivity index (χ4n) is 2.84. The van der Waals surface area contributed by atoms with E-state index >= 15 is 0 Å². The molecular weight excluding hydrogens is 310 g/mol. The highest BCUT2D eigenvalue weighted by atomic mass is 16.5. The number of anilines is 1. The van der Waals surface area contributed by atoms with Gasteiger partial charge in [-0.3, -0.25) is 9.59 Å². The summed E-state index contributed by atoms with van der Waals surface area (Å²) < 4.78 is 11.1. The molecular formula is C18H21NO5. The predicted octanol–water partition coefficient (Wildman–Crippen LogP) is 2.32. The fraction of sp³-hybridized carbons (Fsp3) is 0.444. The van der Waals surface area contributed by atoms with Crippen molar-refractivity contribution in [3.63, 3.8) is 0 Å². The average molecular weight is 331 g/mol. The summed E-state index contributed by atoms with van der Waals surface area (Å²) in [5, 5.41) is 11.7. The van der Waals surface area contributed by atoms with E-state index in [2.05, 4.69) is 5.32 Å². The van der Waals surface area contributed by atoms with Crippen LogP contribution in [0.25, 0.3) is 0 Å². The van der Waals surface area contributed by atoms with Crippen molar-refractivity contribution in [2.45, 2.75) is 12.8 Å². The topological polar surface area (TPSA) is 84.9 Å². The first-order valence-corrected chi connectivity index (χ1v) is 8.16. The van der Waals surface area contributed by atoms with Crippen molar-refractivity contribution < 1.29 is 24.2 Å². The smallest absolute Gasteiger partial charge is 0.311 e. The Morgan fingerprint density at radius 3 is 2.62 bits per heavy atom. The number of hydrogen-bond acceptors (Lipinski definition) is 4. The van der Waals surface area contributed by atoms with Gasteiger partial charge in [0.25, 0.3) is 0 Å². The molecule has 3 rings (SSSR count). The molecule has 1 saturated heterocycles. The molecule has 24 heavy (non-hydrogen) atoms. The Balaban J connectivity index is 1.54. The number of nitrogens with one attached hydrogen (secondary N) is 1. The highest BCUT2D eigenvalue weighted by Crippen LogP contribution is 2.28. The molecule has 1 aromatic rings. The summed E-state index contributed by atoms with van der Waals surface area (Å²) in [4.78, 5) is 23.1. The Morgan fingerprint density at radius 1 is 1.21 bits per heavy atom. The Hall–Kier alpha value is -2.34. The third-order valence-corrected chi connectivity index (χ3v) is 4.43. The normalized spacial score (nSPS) is 23.3. The molecule has 0 aromatic heterocycles. The highest BCUT2D eigenvalue weighted by Gasteiger charge is 2.35. The van der Waals surface area contributed by atoms with Gasteiger partial charge in [-0.15, -0.1) is 0 Å². The van der Waals surface area contributed by atoms with E-state index in [0.717, 1.165) is 26.1 Å². The van der Waals surface area contributed by atoms with Crippen LogP contribution in [0.3, 0.4) is 0 Å². The monoisotopic (exact) mass is 331 g/mol. The van der Waals surface area contributed by atoms with E-state index in [1.165, 1.54) is 6.08 Å². The minimum atomic E-state index is -0.980. The molecule has 1 aromatic carbocycles. The maximum Gasteiger partial charge on any atom is 0.311 e. The number of hydrogen-bond donors (Lipinski definition) is 2. The third kappa shape index (κ3) is 3.94. The molecule has 128 valence electrons. The number of benzene rings is 1. The van der Waals surface area contributed by atoms with Gasteiger partial charge in [0.15, 0.2) is 0 Å². The molecule has 1 aliphatic heterocycles. The average Bonchev–Trinajstić information content (AvgIpc) is 2.52. The van der Waals surface area contributed by atoms with E-state index in [9.17, 15) is 9.59 Å². The van der Waals surface area contributed by atoms with Gasteiger partial charge < -0.3 is 19.9 Å². The van der Waals surface area contributed by atoms with Crippen LogP contribution in [0.2, 0.25) is 0 Å². The van der Waals surface area contributed by atoms with Gasteiger partial charge >= 0.3 is 5.97 Å². The predicted molar refractivity (Wildman–Crippen MR) is 87.9 cm³/mol. The molecule has 2 atom stereocenters. The van der Waals surface area contributed by atoms with Crippen molar-refractivity contribution in [3.8, 4) is 5.75 Å². The van der Waals surface area contributed by atoms with Gasteiger partial charge in [-0.1, -0.05) is 18.2 Å². The lowest BCUT2D eigenvalue weighted by atomic mass is 9.81. The number of carboxylic acid groups (broad SMARTS) is 1. The van der Waals surface area contributed by atoms with Gasteiger partial charge in [0.2, 0.25) is 5.91 Å². The second-order valence-corrected chi connectivity index (χ2v) is 6.16. The van der Waals surface area contributed by atoms with Crippen molar-refractivity contribution in [1.82, 2.24) is 0 Å². The number of ether oxygens (including phenoxy) is 2. The molecule has 6 nitrogen and oxygen atoms in total. The number of carboxylic acids is 1. The number of aliphatic carboxylic acids is 1. The van der Waals surface area contributed by atoms with Crippen LogP contribution in [0.1, 0.15) is 12.8 Å². The van der Waals surface area contributed by atoms with Crippen molar-refractivity contribution in [1.29, 1.82) is 0 Å². The molecule has 1 aliphatic carbocycles. The fourth-order valence-corrected chi connectivity index (χ4v) is 2.84. The van der Waals surface area contributed by atoms with Crippen molar-refractivity contribution in [2.75, 3.05) is 25.1 Å². The highest BCUT2D eigenvalue weighted by molar-refractivity contribution is 5.98. The molecule has 1 fully saturated rings. The SMILES string of the molecule is O=C(Nc1cccc(OCC2CCOCC2)c1)[C@H]1C=C[C@H]1C(=O)O. The standard InChI is InChI=1S/C18H21NO5/c20-17(15-4-5-16(15)18(21)22)19-13-2-1-3-14(10-13)24-11-12-6-8-23-9-7-12/h1-5,10,12,15-16H,6-9,11H2,(H,19,20)(H,21,22)/t15-,16+/m0/s1. The second-order valence-electron chi connectivity index (χ2n) is 6.16. The van der Waals surface area contributed by atoms with Crippen LogP contribution in [0.5, 0.6) is 5.75 Å². The lowest BCUT2D eigenvalue weighted by Gasteiger charge is -2.25. The van der Waals surface area contributed by atoms with Crippen LogP contribution >= 0.6 is 0 Å². The Morgan fingerprint density at radius 2 is 1.96 bits per heavy atom. The molecule has 0 saturated carbocycles. The van der Waals surface area contributed by atoms with E-state index in [-0.39, 0.29) is 5.91 Å². The van der Waals surface area contributed by atoms with Gasteiger partial charge in [-0.2, -0.15) is 0 Å². The Kier molecular flexibility index (Phi) is 5.15. The number of rotatable bonds is 6. The molecule has 2 aliphatic rings. The summed E-state index contributed by atoms with van der Waals surface area (Å²) in [6.45, 7) is 2.20. The van der Waals surface area contributed by atoms with Crippen LogP contribution in [0, 0.1) is 17.8 Å². The summed E-state index contributed by atoms with van der Waals surface area (Å²) >= 11 is 0. The Bertz CT molecular complexity index is 636. The minimum Gasteiger partial charge on any atom is -0.493 e. The summed E-state index contributed by atoms with van der Waals surface area (Å²) in [7, 11) is 0. The number of carbonyl (C=O) groups excluding carboxylic acids is 1. The molecule has 0 spiro atoms. The van der Waals surface area contributed by atoms with Crippen LogP contribution in [0.15, 0.2) is 36.4 Å². The summed E-state index contributed by atoms with van der Waals surface area (Å²) in [5.41, 5.74) is 0.605. The zero-order valence-corrected chi connectivity index (χ0v) is 13.3. The largest absolute Gasteiger partial charge is 0.493 e. The van der Waals surface area contributed by atoms with Gasteiger partial charge in [-0.25, -0.2) is 0 Å². The molecule has 2 N–H and O–H groups in total. The minimum absolute atomic E-state index is 0.313. The van der Waals surface area contributed by atoms with Crippen LogP contribution in [0.4, 0.5) is 5.69 Å². The summed E-state index contributed by atoms with van der Waals surface area (Å²) in [5.74, 6) is -1.46. The van der Waals surface area contributed by atoms with Crippen LogP contribution in [-0.4, -0.2) is 36.8 Å². The molecule has 0 bridgehead atoms. The van der Waals surface area contributed by atoms with Gasteiger partial charge in [0, 0.05) is 25.0 Å². The first-order valence-electron chi connectivity index (χ1n) is 8.16. The van der Waals surface area contributed by atoms with Gasteiger partial charge in [-0.05, 0) is 30.9 Å². The zero-order chi connectivity index (χ0) is 16.9. The van der Waals surface area contributed by atoms with E-state index < -0.39 is 17.8 Å². The zero-order valence-electron chi connectivity index (χ0n) is 13.3. The lowest BCUT2D eigenvalue weighted by Crippen LogP contribution is -2.36. The van der Waals surface area contributed by atoms with E-state index in [1.807, 2.05) is 6.07 Å². The van der Waals surface area contributed by atoms with E-state index in [4.69, 9.17) is 14.6 Å². The van der Waals surface area contributed by atoms with E-state index in [1.54, 1.807) is 24.3 Å². The van der Waals surface area contributed by atoms with E-state index in [0.29, 0.717) is 24.0 Å². The maximum absolute atomic E-state index is 12.1. The quantitative estimate of drug-likeness (QED) is 0.782. The second kappa shape index (κ2) is 7.49. The first-order chi connectivity index (χ1) is 11.6. The van der Waals surface area contributed by atoms with Crippen molar-refractivity contribution in [2.24, 2.45) is 17.8 Å². The first kappa shape index (κ1) is 16.5. The number of amides is 1. The van der Waals surface area contributed by atoms with Crippen molar-refractivity contribution in [3.05, 3.63) is 36.4 Å². The summed E-state index contributed by atoms with van der Waals surface area (Å²) in [6.07, 6.45) is 5.14. The lowest BCUT2D eigenvalue weighted by molar-refractivity contribution is -0.144. The molecule has 0 radical (unpaired) electrons. The van der Waals surface area contributed by atoms with Crippen LogP contribution < -0.4 is 10.1 Å². The molecule has 1 heterocycles. The number of carbonyl (C=O) groups is 2. The summed E-state index contributed by atoms with van der Waals surface area (Å²) in [6, 6.07) is 7.17. The molecule has 1 amide bonds.